The number of unbranched alkanes of at least 4 members (excludes halogenated alkanes) is 1. The molecule has 0 spiro atoms. The van der Waals surface area contributed by atoms with Crippen LogP contribution in [0.5, 0.6) is 0 Å². The Morgan fingerprint density at radius 2 is 2.00 bits per heavy atom. The van der Waals surface area contributed by atoms with Crippen LogP contribution in [0.4, 0.5) is 10.1 Å². The molecular weight excluding hydrogens is 255 g/mol. The molecule has 0 radical (unpaired) electrons. The molecule has 0 amide bonds. The van der Waals surface area contributed by atoms with Gasteiger partial charge in [-0.15, -0.1) is 0 Å². The summed E-state index contributed by atoms with van der Waals surface area (Å²) in [6.07, 6.45) is 1.69. The zero-order valence-corrected chi connectivity index (χ0v) is 11.5. The lowest BCUT2D eigenvalue weighted by Gasteiger charge is -2.21. The van der Waals surface area contributed by atoms with Gasteiger partial charge in [-0.1, -0.05) is 20.3 Å². The fourth-order valence-electron chi connectivity index (χ4n) is 1.68. The van der Waals surface area contributed by atoms with Gasteiger partial charge in [-0.05, 0) is 24.6 Å². The highest BCUT2D eigenvalue weighted by atomic mass is 32.2. The molecule has 6 heteroatoms. The minimum atomic E-state index is -3.63. The molecule has 0 aliphatic carbocycles. The van der Waals surface area contributed by atoms with Crippen molar-refractivity contribution in [3.8, 4) is 0 Å². The number of anilines is 1. The van der Waals surface area contributed by atoms with E-state index >= 15 is 0 Å². The van der Waals surface area contributed by atoms with E-state index in [1.54, 1.807) is 6.92 Å². The molecule has 1 aromatic carbocycles. The normalized spacial score (nSPS) is 12.0. The van der Waals surface area contributed by atoms with Gasteiger partial charge in [0.15, 0.2) is 0 Å². The topological polar surface area (TPSA) is 63.4 Å². The van der Waals surface area contributed by atoms with E-state index in [0.717, 1.165) is 25.0 Å². The molecule has 0 aliphatic heterocycles. The summed E-state index contributed by atoms with van der Waals surface area (Å²) in [4.78, 5) is -0.0261. The van der Waals surface area contributed by atoms with E-state index in [9.17, 15) is 12.8 Å². The van der Waals surface area contributed by atoms with E-state index in [1.807, 2.05) is 6.92 Å². The highest BCUT2D eigenvalue weighted by molar-refractivity contribution is 7.89. The molecule has 4 nitrogen and oxygen atoms in total. The van der Waals surface area contributed by atoms with Crippen LogP contribution in [0.25, 0.3) is 0 Å². The lowest BCUT2D eigenvalue weighted by atomic mass is 10.3. The second kappa shape index (κ2) is 6.15. The Morgan fingerprint density at radius 3 is 2.50 bits per heavy atom. The highest BCUT2D eigenvalue weighted by Gasteiger charge is 2.24. The maximum absolute atomic E-state index is 12.9. The van der Waals surface area contributed by atoms with Crippen LogP contribution >= 0.6 is 0 Å². The molecular formula is C12H19FN2O2S. The van der Waals surface area contributed by atoms with E-state index in [0.29, 0.717) is 13.1 Å². The van der Waals surface area contributed by atoms with E-state index < -0.39 is 15.8 Å². The van der Waals surface area contributed by atoms with Gasteiger partial charge in [0.25, 0.3) is 0 Å². The van der Waals surface area contributed by atoms with E-state index in [1.165, 1.54) is 10.4 Å². The Hall–Kier alpha value is -1.14. The van der Waals surface area contributed by atoms with Crippen molar-refractivity contribution in [2.45, 2.75) is 31.6 Å². The quantitative estimate of drug-likeness (QED) is 0.809. The molecule has 0 unspecified atom stereocenters. The summed E-state index contributed by atoms with van der Waals surface area (Å²) in [6, 6.07) is 3.35. The Morgan fingerprint density at radius 1 is 1.33 bits per heavy atom. The van der Waals surface area contributed by atoms with Crippen molar-refractivity contribution in [2.24, 2.45) is 0 Å². The average molecular weight is 274 g/mol. The first-order valence-corrected chi connectivity index (χ1v) is 7.42. The van der Waals surface area contributed by atoms with Crippen molar-refractivity contribution in [3.63, 3.8) is 0 Å². The second-order valence-electron chi connectivity index (χ2n) is 4.03. The van der Waals surface area contributed by atoms with E-state index in [-0.39, 0.29) is 10.6 Å². The molecule has 102 valence electrons. The first kappa shape index (κ1) is 14.9. The van der Waals surface area contributed by atoms with Crippen LogP contribution in [0.1, 0.15) is 26.7 Å². The Labute approximate surface area is 108 Å². The number of sulfonamides is 1. The number of rotatable bonds is 6. The lowest BCUT2D eigenvalue weighted by molar-refractivity contribution is 0.419. The lowest BCUT2D eigenvalue weighted by Crippen LogP contribution is -2.32. The molecule has 2 N–H and O–H groups in total. The zero-order chi connectivity index (χ0) is 13.8. The van der Waals surface area contributed by atoms with Crippen LogP contribution in [0, 0.1) is 5.82 Å². The van der Waals surface area contributed by atoms with Crippen LogP contribution < -0.4 is 5.73 Å². The van der Waals surface area contributed by atoms with E-state index in [2.05, 4.69) is 0 Å². The average Bonchev–Trinajstić information content (AvgIpc) is 2.29. The minimum absolute atomic E-state index is 0.0261. The summed E-state index contributed by atoms with van der Waals surface area (Å²) in [7, 11) is -3.63. The summed E-state index contributed by atoms with van der Waals surface area (Å²) in [6.45, 7) is 4.59. The Balaban J connectivity index is 3.10. The molecule has 18 heavy (non-hydrogen) atoms. The highest BCUT2D eigenvalue weighted by Crippen LogP contribution is 2.23. The molecule has 0 atom stereocenters. The molecule has 1 rings (SSSR count). The predicted molar refractivity (Wildman–Crippen MR) is 70.2 cm³/mol. The fraction of sp³-hybridized carbons (Fsp3) is 0.500. The van der Waals surface area contributed by atoms with Crippen molar-refractivity contribution in [3.05, 3.63) is 24.0 Å². The Kier molecular flexibility index (Phi) is 5.10. The van der Waals surface area contributed by atoms with E-state index in [4.69, 9.17) is 5.73 Å². The number of nitrogens with zero attached hydrogens (tertiary/aromatic N) is 1. The Bertz CT molecular complexity index is 503. The second-order valence-corrected chi connectivity index (χ2v) is 5.94. The van der Waals surface area contributed by atoms with Gasteiger partial charge in [0, 0.05) is 13.1 Å². The van der Waals surface area contributed by atoms with Gasteiger partial charge in [0.1, 0.15) is 10.7 Å². The molecule has 0 fully saturated rings. The maximum Gasteiger partial charge on any atom is 0.245 e. The molecule has 0 bridgehead atoms. The zero-order valence-electron chi connectivity index (χ0n) is 10.7. The maximum atomic E-state index is 12.9. The number of hydrogen-bond donors (Lipinski definition) is 1. The third kappa shape index (κ3) is 3.20. The smallest absolute Gasteiger partial charge is 0.245 e. The van der Waals surface area contributed by atoms with Gasteiger partial charge < -0.3 is 5.73 Å². The molecule has 0 saturated heterocycles. The van der Waals surface area contributed by atoms with Gasteiger partial charge >= 0.3 is 0 Å². The summed E-state index contributed by atoms with van der Waals surface area (Å²) >= 11 is 0. The molecule has 0 aliphatic rings. The summed E-state index contributed by atoms with van der Waals surface area (Å²) in [5.74, 6) is -0.539. The van der Waals surface area contributed by atoms with Crippen LogP contribution in [-0.2, 0) is 10.0 Å². The summed E-state index contributed by atoms with van der Waals surface area (Å²) < 4.78 is 38.9. The SMILES string of the molecule is CCCCN(CC)S(=O)(=O)c1ccc(F)cc1N. The number of nitrogen functional groups attached to an aromatic ring is 1. The van der Waals surface area contributed by atoms with Crippen LogP contribution in [0.15, 0.2) is 23.1 Å². The number of halogens is 1. The van der Waals surface area contributed by atoms with Crippen LogP contribution in [0.3, 0.4) is 0 Å². The van der Waals surface area contributed by atoms with Crippen molar-refractivity contribution in [2.75, 3.05) is 18.8 Å². The van der Waals surface area contributed by atoms with Crippen molar-refractivity contribution < 1.29 is 12.8 Å². The molecule has 1 aromatic rings. The van der Waals surface area contributed by atoms with Gasteiger partial charge in [0.05, 0.1) is 5.69 Å². The first-order valence-electron chi connectivity index (χ1n) is 5.98. The van der Waals surface area contributed by atoms with Crippen LogP contribution in [-0.4, -0.2) is 25.8 Å². The van der Waals surface area contributed by atoms with Gasteiger partial charge in [-0.3, -0.25) is 0 Å². The first-order chi connectivity index (χ1) is 8.43. The third-order valence-corrected chi connectivity index (χ3v) is 4.75. The van der Waals surface area contributed by atoms with Crippen molar-refractivity contribution >= 4 is 15.7 Å². The third-order valence-electron chi connectivity index (χ3n) is 2.70. The largest absolute Gasteiger partial charge is 0.398 e. The van der Waals surface area contributed by atoms with Gasteiger partial charge in [0.2, 0.25) is 10.0 Å². The van der Waals surface area contributed by atoms with Crippen molar-refractivity contribution in [1.29, 1.82) is 0 Å². The standard InChI is InChI=1S/C12H19FN2O2S/c1-3-5-8-15(4-2)18(16,17)12-7-6-10(13)9-11(12)14/h6-7,9H,3-5,8,14H2,1-2H3. The van der Waals surface area contributed by atoms with Crippen LogP contribution in [0.2, 0.25) is 0 Å². The number of benzene rings is 1. The van der Waals surface area contributed by atoms with Gasteiger partial charge in [-0.2, -0.15) is 4.31 Å². The van der Waals surface area contributed by atoms with Gasteiger partial charge in [-0.25, -0.2) is 12.8 Å². The summed E-state index contributed by atoms with van der Waals surface area (Å²) in [5.41, 5.74) is 5.53. The molecule has 0 aromatic heterocycles. The number of hydrogen-bond acceptors (Lipinski definition) is 3. The fourth-order valence-corrected chi connectivity index (χ4v) is 3.26. The molecule has 0 heterocycles. The van der Waals surface area contributed by atoms with Crippen molar-refractivity contribution in [1.82, 2.24) is 4.31 Å². The molecule has 0 saturated carbocycles. The minimum Gasteiger partial charge on any atom is -0.398 e. The predicted octanol–water partition coefficient (Wildman–Crippen LogP) is 2.22. The summed E-state index contributed by atoms with van der Waals surface area (Å²) in [5, 5.41) is 0. The number of nitrogens with two attached hydrogens (primary N) is 1. The monoisotopic (exact) mass is 274 g/mol.